The third-order valence-corrected chi connectivity index (χ3v) is 3.89. The van der Waals surface area contributed by atoms with E-state index in [0.29, 0.717) is 12.0 Å². The van der Waals surface area contributed by atoms with Crippen molar-refractivity contribution in [2.24, 2.45) is 11.8 Å². The first-order chi connectivity index (χ1) is 7.61. The second kappa shape index (κ2) is 7.33. The van der Waals surface area contributed by atoms with Crippen molar-refractivity contribution in [1.29, 1.82) is 0 Å². The van der Waals surface area contributed by atoms with Gasteiger partial charge < -0.3 is 0 Å². The summed E-state index contributed by atoms with van der Waals surface area (Å²) in [7, 11) is 0. The summed E-state index contributed by atoms with van der Waals surface area (Å²) >= 11 is 5.31. The predicted octanol–water partition coefficient (Wildman–Crippen LogP) is 3.42. The number of rotatable bonds is 6. The van der Waals surface area contributed by atoms with Gasteiger partial charge in [0.25, 0.3) is 0 Å². The molecule has 1 rings (SSSR count). The Labute approximate surface area is 110 Å². The van der Waals surface area contributed by atoms with Crippen LogP contribution in [0.1, 0.15) is 20.3 Å². The lowest BCUT2D eigenvalue weighted by atomic mass is 10.1. The van der Waals surface area contributed by atoms with Crippen LogP contribution >= 0.6 is 27.7 Å². The molecule has 4 heteroatoms. The van der Waals surface area contributed by atoms with Crippen LogP contribution in [-0.2, 0) is 0 Å². The summed E-state index contributed by atoms with van der Waals surface area (Å²) in [6.45, 7) is 4.43. The third-order valence-electron chi connectivity index (χ3n) is 2.24. The lowest BCUT2D eigenvalue weighted by molar-refractivity contribution is 0.456. The maximum absolute atomic E-state index is 5.54. The van der Waals surface area contributed by atoms with Crippen molar-refractivity contribution in [2.75, 3.05) is 5.75 Å². The molecule has 2 nitrogen and oxygen atoms in total. The van der Waals surface area contributed by atoms with Crippen LogP contribution < -0.4 is 11.3 Å². The van der Waals surface area contributed by atoms with E-state index in [4.69, 9.17) is 5.84 Å². The molecule has 0 saturated heterocycles. The summed E-state index contributed by atoms with van der Waals surface area (Å²) in [6.07, 6.45) is 1.11. The van der Waals surface area contributed by atoms with Crippen LogP contribution in [0.25, 0.3) is 0 Å². The minimum atomic E-state index is 0.379. The van der Waals surface area contributed by atoms with E-state index in [-0.39, 0.29) is 0 Å². The molecule has 0 heterocycles. The molecule has 0 saturated carbocycles. The molecule has 90 valence electrons. The van der Waals surface area contributed by atoms with Crippen LogP contribution in [0, 0.1) is 5.92 Å². The summed E-state index contributed by atoms with van der Waals surface area (Å²) in [4.78, 5) is 1.28. The Morgan fingerprint density at radius 2 is 2.19 bits per heavy atom. The minimum absolute atomic E-state index is 0.379. The van der Waals surface area contributed by atoms with Gasteiger partial charge in [-0.15, -0.1) is 11.8 Å². The SMILES string of the molecule is CC(C)CC(CSc1cccc(Br)c1)NN. The predicted molar refractivity (Wildman–Crippen MR) is 75.4 cm³/mol. The van der Waals surface area contributed by atoms with Gasteiger partial charge >= 0.3 is 0 Å². The molecular formula is C12H19BrN2S. The lowest BCUT2D eigenvalue weighted by Crippen LogP contribution is -2.37. The first-order valence-electron chi connectivity index (χ1n) is 5.46. The molecular weight excluding hydrogens is 284 g/mol. The Bertz CT molecular complexity index is 318. The molecule has 0 aromatic heterocycles. The average molecular weight is 303 g/mol. The second-order valence-corrected chi connectivity index (χ2v) is 6.27. The van der Waals surface area contributed by atoms with Gasteiger partial charge in [-0.3, -0.25) is 11.3 Å². The van der Waals surface area contributed by atoms with Gasteiger partial charge in [0.15, 0.2) is 0 Å². The van der Waals surface area contributed by atoms with Crippen molar-refractivity contribution in [3.8, 4) is 0 Å². The zero-order valence-corrected chi connectivity index (χ0v) is 12.1. The van der Waals surface area contributed by atoms with Gasteiger partial charge in [0.05, 0.1) is 0 Å². The summed E-state index contributed by atoms with van der Waals surface area (Å²) in [5.74, 6) is 7.22. The minimum Gasteiger partial charge on any atom is -0.271 e. The molecule has 0 aliphatic carbocycles. The molecule has 1 atom stereocenters. The molecule has 0 fully saturated rings. The number of nitrogens with two attached hydrogens (primary N) is 1. The first-order valence-corrected chi connectivity index (χ1v) is 7.24. The van der Waals surface area contributed by atoms with Crippen LogP contribution in [0.5, 0.6) is 0 Å². The zero-order valence-electron chi connectivity index (χ0n) is 9.74. The maximum atomic E-state index is 5.54. The maximum Gasteiger partial charge on any atom is 0.0307 e. The highest BCUT2D eigenvalue weighted by Crippen LogP contribution is 2.23. The molecule has 0 spiro atoms. The molecule has 0 amide bonds. The van der Waals surface area contributed by atoms with E-state index < -0.39 is 0 Å². The van der Waals surface area contributed by atoms with Crippen LogP contribution in [0.4, 0.5) is 0 Å². The van der Waals surface area contributed by atoms with Gasteiger partial charge in [-0.05, 0) is 30.5 Å². The fourth-order valence-electron chi connectivity index (χ4n) is 1.51. The highest BCUT2D eigenvalue weighted by molar-refractivity contribution is 9.10. The van der Waals surface area contributed by atoms with Crippen molar-refractivity contribution < 1.29 is 0 Å². The van der Waals surface area contributed by atoms with E-state index in [1.165, 1.54) is 4.90 Å². The molecule has 0 aliphatic heterocycles. The van der Waals surface area contributed by atoms with Crippen LogP contribution in [0.15, 0.2) is 33.6 Å². The molecule has 1 aromatic carbocycles. The van der Waals surface area contributed by atoms with Crippen LogP contribution in [0.2, 0.25) is 0 Å². The topological polar surface area (TPSA) is 38.0 Å². The lowest BCUT2D eigenvalue weighted by Gasteiger charge is -2.17. The number of hydrogen-bond donors (Lipinski definition) is 2. The highest BCUT2D eigenvalue weighted by atomic mass is 79.9. The van der Waals surface area contributed by atoms with E-state index in [0.717, 1.165) is 16.6 Å². The molecule has 0 bridgehead atoms. The summed E-state index contributed by atoms with van der Waals surface area (Å²) < 4.78 is 1.12. The van der Waals surface area contributed by atoms with Crippen molar-refractivity contribution in [3.05, 3.63) is 28.7 Å². The van der Waals surface area contributed by atoms with Crippen molar-refractivity contribution in [1.82, 2.24) is 5.43 Å². The molecule has 3 N–H and O–H groups in total. The number of hydrazine groups is 1. The Balaban J connectivity index is 2.43. The summed E-state index contributed by atoms with van der Waals surface area (Å²) in [5.41, 5.74) is 2.89. The molecule has 0 aliphatic rings. The molecule has 1 unspecified atom stereocenters. The Kier molecular flexibility index (Phi) is 6.43. The second-order valence-electron chi connectivity index (χ2n) is 4.26. The Hall–Kier alpha value is -0.0300. The largest absolute Gasteiger partial charge is 0.271 e. The van der Waals surface area contributed by atoms with E-state index in [1.54, 1.807) is 0 Å². The smallest absolute Gasteiger partial charge is 0.0307 e. The van der Waals surface area contributed by atoms with E-state index in [9.17, 15) is 0 Å². The monoisotopic (exact) mass is 302 g/mol. The van der Waals surface area contributed by atoms with Crippen LogP contribution in [-0.4, -0.2) is 11.8 Å². The third kappa shape index (κ3) is 5.34. The number of benzene rings is 1. The van der Waals surface area contributed by atoms with Gasteiger partial charge in [-0.2, -0.15) is 0 Å². The van der Waals surface area contributed by atoms with Gasteiger partial charge in [-0.25, -0.2) is 0 Å². The number of nitrogens with one attached hydrogen (secondary N) is 1. The fourth-order valence-corrected chi connectivity index (χ4v) is 3.07. The number of halogens is 1. The summed E-state index contributed by atoms with van der Waals surface area (Å²) in [6, 6.07) is 8.73. The standard InChI is InChI=1S/C12H19BrN2S/c1-9(2)6-11(15-14)8-16-12-5-3-4-10(13)7-12/h3-5,7,9,11,15H,6,8,14H2,1-2H3. The van der Waals surface area contributed by atoms with Crippen LogP contribution in [0.3, 0.4) is 0 Å². The Morgan fingerprint density at radius 1 is 1.44 bits per heavy atom. The van der Waals surface area contributed by atoms with Gasteiger partial charge in [0, 0.05) is 21.2 Å². The Morgan fingerprint density at radius 3 is 2.75 bits per heavy atom. The number of thioether (sulfide) groups is 1. The average Bonchev–Trinajstić information content (AvgIpc) is 2.24. The van der Waals surface area contributed by atoms with Crippen molar-refractivity contribution in [2.45, 2.75) is 31.2 Å². The molecule has 16 heavy (non-hydrogen) atoms. The van der Waals surface area contributed by atoms with E-state index in [1.807, 2.05) is 17.8 Å². The molecule has 1 aromatic rings. The molecule has 0 radical (unpaired) electrons. The van der Waals surface area contributed by atoms with Gasteiger partial charge in [0.1, 0.15) is 0 Å². The van der Waals surface area contributed by atoms with Crippen molar-refractivity contribution in [3.63, 3.8) is 0 Å². The van der Waals surface area contributed by atoms with E-state index >= 15 is 0 Å². The summed E-state index contributed by atoms with van der Waals surface area (Å²) in [5, 5.41) is 0. The van der Waals surface area contributed by atoms with Gasteiger partial charge in [-0.1, -0.05) is 35.8 Å². The van der Waals surface area contributed by atoms with Crippen molar-refractivity contribution >= 4 is 27.7 Å². The normalized spacial score (nSPS) is 13.1. The quantitative estimate of drug-likeness (QED) is 0.480. The van der Waals surface area contributed by atoms with Gasteiger partial charge in [0.2, 0.25) is 0 Å². The zero-order chi connectivity index (χ0) is 12.0. The van der Waals surface area contributed by atoms with E-state index in [2.05, 4.69) is 53.4 Å². The number of hydrogen-bond acceptors (Lipinski definition) is 3. The highest BCUT2D eigenvalue weighted by Gasteiger charge is 2.09. The fraction of sp³-hybridized carbons (Fsp3) is 0.500. The first kappa shape index (κ1) is 14.0.